The number of benzene rings is 1. The Kier molecular flexibility index (Phi) is 3.65. The quantitative estimate of drug-likeness (QED) is 0.790. The molecule has 1 aromatic rings. The van der Waals surface area contributed by atoms with Gasteiger partial charge < -0.3 is 5.73 Å². The summed E-state index contributed by atoms with van der Waals surface area (Å²) >= 11 is 0. The number of nitriles is 1. The highest BCUT2D eigenvalue weighted by atomic mass is 15.2. The van der Waals surface area contributed by atoms with Crippen LogP contribution < -0.4 is 5.73 Å². The van der Waals surface area contributed by atoms with Gasteiger partial charge >= 0.3 is 0 Å². The zero-order valence-electron chi connectivity index (χ0n) is 10.3. The van der Waals surface area contributed by atoms with Crippen LogP contribution in [0.1, 0.15) is 37.8 Å². The van der Waals surface area contributed by atoms with Crippen molar-refractivity contribution >= 4 is 5.69 Å². The second kappa shape index (κ2) is 5.20. The Morgan fingerprint density at radius 3 is 2.88 bits per heavy atom. The van der Waals surface area contributed by atoms with E-state index in [-0.39, 0.29) is 0 Å². The lowest BCUT2D eigenvalue weighted by Gasteiger charge is -2.28. The zero-order chi connectivity index (χ0) is 12.3. The Bertz CT molecular complexity index is 418. The lowest BCUT2D eigenvalue weighted by atomic mass is 10.1. The van der Waals surface area contributed by atoms with Gasteiger partial charge in [0.25, 0.3) is 0 Å². The summed E-state index contributed by atoms with van der Waals surface area (Å²) in [7, 11) is 0. The monoisotopic (exact) mass is 229 g/mol. The molecule has 17 heavy (non-hydrogen) atoms. The molecule has 1 saturated carbocycles. The van der Waals surface area contributed by atoms with E-state index in [4.69, 9.17) is 11.0 Å². The van der Waals surface area contributed by atoms with E-state index in [0.29, 0.717) is 18.5 Å². The van der Waals surface area contributed by atoms with Crippen LogP contribution in [0.15, 0.2) is 24.3 Å². The summed E-state index contributed by atoms with van der Waals surface area (Å²) in [5, 5.41) is 8.72. The van der Waals surface area contributed by atoms with Crippen LogP contribution in [-0.2, 0) is 0 Å². The molecule has 3 nitrogen and oxygen atoms in total. The van der Waals surface area contributed by atoms with E-state index < -0.39 is 0 Å². The van der Waals surface area contributed by atoms with Gasteiger partial charge in [-0.15, -0.1) is 0 Å². The van der Waals surface area contributed by atoms with Crippen molar-refractivity contribution in [2.24, 2.45) is 0 Å². The molecule has 1 aliphatic carbocycles. The fourth-order valence-electron chi connectivity index (χ4n) is 2.29. The lowest BCUT2D eigenvalue weighted by molar-refractivity contribution is 0.205. The number of rotatable bonds is 5. The predicted molar refractivity (Wildman–Crippen MR) is 69.2 cm³/mol. The molecule has 0 bridgehead atoms. The minimum Gasteiger partial charge on any atom is -0.399 e. The van der Waals surface area contributed by atoms with Gasteiger partial charge in [-0.3, -0.25) is 4.90 Å². The van der Waals surface area contributed by atoms with E-state index >= 15 is 0 Å². The molecule has 1 fully saturated rings. The van der Waals surface area contributed by atoms with Gasteiger partial charge in [-0.1, -0.05) is 12.1 Å². The minimum absolute atomic E-state index is 0.347. The number of hydrogen-bond acceptors (Lipinski definition) is 3. The van der Waals surface area contributed by atoms with E-state index in [0.717, 1.165) is 12.2 Å². The Balaban J connectivity index is 2.10. The highest BCUT2D eigenvalue weighted by molar-refractivity contribution is 5.41. The fourth-order valence-corrected chi connectivity index (χ4v) is 2.29. The van der Waals surface area contributed by atoms with Crippen molar-refractivity contribution in [3.63, 3.8) is 0 Å². The maximum atomic E-state index is 8.72. The average Bonchev–Trinajstić information content (AvgIpc) is 3.14. The molecule has 0 radical (unpaired) electrons. The van der Waals surface area contributed by atoms with Crippen LogP contribution in [0.4, 0.5) is 5.69 Å². The highest BCUT2D eigenvalue weighted by Crippen LogP contribution is 2.34. The van der Waals surface area contributed by atoms with Gasteiger partial charge in [-0.05, 0) is 37.5 Å². The molecule has 0 spiro atoms. The predicted octanol–water partition coefficient (Wildman–Crippen LogP) is 2.71. The first kappa shape index (κ1) is 11.9. The topological polar surface area (TPSA) is 53.0 Å². The molecule has 0 amide bonds. The molecule has 0 aromatic heterocycles. The van der Waals surface area contributed by atoms with Gasteiger partial charge in [-0.25, -0.2) is 0 Å². The van der Waals surface area contributed by atoms with E-state index in [1.807, 2.05) is 18.2 Å². The Morgan fingerprint density at radius 2 is 2.29 bits per heavy atom. The number of anilines is 1. The Labute approximate surface area is 103 Å². The van der Waals surface area contributed by atoms with Crippen LogP contribution in [0.25, 0.3) is 0 Å². The van der Waals surface area contributed by atoms with Crippen molar-refractivity contribution < 1.29 is 0 Å². The van der Waals surface area contributed by atoms with Gasteiger partial charge in [0.2, 0.25) is 0 Å². The van der Waals surface area contributed by atoms with Crippen LogP contribution in [0.3, 0.4) is 0 Å². The molecule has 2 N–H and O–H groups in total. The summed E-state index contributed by atoms with van der Waals surface area (Å²) in [5.41, 5.74) is 7.87. The second-order valence-electron chi connectivity index (χ2n) is 4.72. The molecule has 1 aromatic carbocycles. The first-order valence-electron chi connectivity index (χ1n) is 6.20. The SMILES string of the molecule is CC(c1cccc(N)c1)N(CCC#N)C1CC1. The lowest BCUT2D eigenvalue weighted by Crippen LogP contribution is -2.30. The van der Waals surface area contributed by atoms with E-state index in [9.17, 15) is 0 Å². The zero-order valence-corrected chi connectivity index (χ0v) is 10.3. The van der Waals surface area contributed by atoms with Crippen LogP contribution >= 0.6 is 0 Å². The molecular weight excluding hydrogens is 210 g/mol. The Hall–Kier alpha value is -1.53. The summed E-state index contributed by atoms with van der Waals surface area (Å²) in [4.78, 5) is 2.43. The molecular formula is C14H19N3. The normalized spacial score (nSPS) is 16.8. The molecule has 2 rings (SSSR count). The van der Waals surface area contributed by atoms with Crippen LogP contribution in [0.2, 0.25) is 0 Å². The summed E-state index contributed by atoms with van der Waals surface area (Å²) in [5.74, 6) is 0. The van der Waals surface area contributed by atoms with Crippen molar-refractivity contribution in [1.29, 1.82) is 5.26 Å². The average molecular weight is 229 g/mol. The van der Waals surface area contributed by atoms with Crippen LogP contribution in [0, 0.1) is 11.3 Å². The van der Waals surface area contributed by atoms with E-state index in [2.05, 4.69) is 24.0 Å². The summed E-state index contributed by atoms with van der Waals surface area (Å²) in [6, 6.07) is 11.3. The summed E-state index contributed by atoms with van der Waals surface area (Å²) < 4.78 is 0. The number of nitrogens with zero attached hydrogens (tertiary/aromatic N) is 2. The molecule has 3 heteroatoms. The highest BCUT2D eigenvalue weighted by Gasteiger charge is 2.32. The third-order valence-electron chi connectivity index (χ3n) is 3.39. The third kappa shape index (κ3) is 2.98. The van der Waals surface area contributed by atoms with Gasteiger partial charge in [0.1, 0.15) is 0 Å². The summed E-state index contributed by atoms with van der Waals surface area (Å²) in [6.07, 6.45) is 3.12. The minimum atomic E-state index is 0.347. The van der Waals surface area contributed by atoms with Crippen molar-refractivity contribution in [3.05, 3.63) is 29.8 Å². The van der Waals surface area contributed by atoms with Crippen LogP contribution in [0.5, 0.6) is 0 Å². The third-order valence-corrected chi connectivity index (χ3v) is 3.39. The number of nitrogens with two attached hydrogens (primary N) is 1. The van der Waals surface area contributed by atoms with Gasteiger partial charge in [0, 0.05) is 30.7 Å². The smallest absolute Gasteiger partial charge is 0.0635 e. The van der Waals surface area contributed by atoms with E-state index in [1.165, 1.54) is 18.4 Å². The molecule has 0 aliphatic heterocycles. The molecule has 0 heterocycles. The first-order chi connectivity index (χ1) is 8.22. The number of nitrogen functional groups attached to an aromatic ring is 1. The number of hydrogen-bond donors (Lipinski definition) is 1. The Morgan fingerprint density at radius 1 is 1.53 bits per heavy atom. The van der Waals surface area contributed by atoms with E-state index in [1.54, 1.807) is 0 Å². The van der Waals surface area contributed by atoms with Gasteiger partial charge in [0.05, 0.1) is 6.07 Å². The van der Waals surface area contributed by atoms with Gasteiger partial charge in [-0.2, -0.15) is 5.26 Å². The molecule has 1 unspecified atom stereocenters. The fraction of sp³-hybridized carbons (Fsp3) is 0.500. The van der Waals surface area contributed by atoms with Crippen molar-refractivity contribution in [2.75, 3.05) is 12.3 Å². The van der Waals surface area contributed by atoms with Crippen molar-refractivity contribution in [1.82, 2.24) is 4.90 Å². The summed E-state index contributed by atoms with van der Waals surface area (Å²) in [6.45, 7) is 3.06. The standard InChI is InChI=1S/C14H19N3/c1-11(12-4-2-5-13(16)10-12)17(9-3-8-15)14-6-7-14/h2,4-5,10-11,14H,3,6-7,9,16H2,1H3. The second-order valence-corrected chi connectivity index (χ2v) is 4.72. The molecule has 1 aliphatic rings. The first-order valence-corrected chi connectivity index (χ1v) is 6.20. The maximum absolute atomic E-state index is 8.72. The van der Waals surface area contributed by atoms with Crippen molar-refractivity contribution in [3.8, 4) is 6.07 Å². The molecule has 1 atom stereocenters. The molecule has 0 saturated heterocycles. The molecule has 90 valence electrons. The largest absolute Gasteiger partial charge is 0.399 e. The van der Waals surface area contributed by atoms with Crippen molar-refractivity contribution in [2.45, 2.75) is 38.3 Å². The van der Waals surface area contributed by atoms with Gasteiger partial charge in [0.15, 0.2) is 0 Å². The maximum Gasteiger partial charge on any atom is 0.0635 e. The van der Waals surface area contributed by atoms with Crippen LogP contribution in [-0.4, -0.2) is 17.5 Å².